The lowest BCUT2D eigenvalue weighted by Gasteiger charge is -2.31. The van der Waals surface area contributed by atoms with Crippen LogP contribution in [0.2, 0.25) is 0 Å². The standard InChI is InChI=1S/C19H19N5O5/c1-28-23-17-15-18(22-14(21-17)8-7-12-5-3-2-4-6-12)24(11-20-15)19(10-25)16(27)13(26)9-29-19/h2-6,11,13,16,25-27H,9-10H2,1H3,(H,21,22,23). The molecule has 10 heteroatoms. The molecule has 10 nitrogen and oxygen atoms in total. The second-order valence-electron chi connectivity index (χ2n) is 6.43. The van der Waals surface area contributed by atoms with Gasteiger partial charge in [-0.25, -0.2) is 15.4 Å². The van der Waals surface area contributed by atoms with Crippen LogP contribution in [0.5, 0.6) is 0 Å². The van der Waals surface area contributed by atoms with Gasteiger partial charge < -0.3 is 20.1 Å². The van der Waals surface area contributed by atoms with E-state index < -0.39 is 24.5 Å². The normalized spacial score (nSPS) is 23.7. The molecule has 3 atom stereocenters. The number of rotatable bonds is 4. The van der Waals surface area contributed by atoms with Gasteiger partial charge in [-0.3, -0.25) is 9.40 Å². The molecule has 0 spiro atoms. The largest absolute Gasteiger partial charge is 0.391 e. The smallest absolute Gasteiger partial charge is 0.209 e. The molecule has 1 fully saturated rings. The summed E-state index contributed by atoms with van der Waals surface area (Å²) in [7, 11) is 1.43. The van der Waals surface area contributed by atoms with E-state index in [1.807, 2.05) is 30.3 Å². The summed E-state index contributed by atoms with van der Waals surface area (Å²) in [4.78, 5) is 18.0. The molecule has 3 heterocycles. The fourth-order valence-electron chi connectivity index (χ4n) is 3.18. The number of nitrogens with one attached hydrogen (secondary N) is 1. The van der Waals surface area contributed by atoms with E-state index in [1.165, 1.54) is 18.0 Å². The predicted molar refractivity (Wildman–Crippen MR) is 101 cm³/mol. The zero-order valence-corrected chi connectivity index (χ0v) is 15.5. The lowest BCUT2D eigenvalue weighted by Crippen LogP contribution is -2.48. The van der Waals surface area contributed by atoms with Crippen LogP contribution in [0.1, 0.15) is 11.4 Å². The molecule has 0 amide bonds. The highest BCUT2D eigenvalue weighted by Gasteiger charge is 2.51. The minimum Gasteiger partial charge on any atom is -0.391 e. The van der Waals surface area contributed by atoms with Gasteiger partial charge in [0.1, 0.15) is 12.2 Å². The van der Waals surface area contributed by atoms with Crippen molar-refractivity contribution in [2.75, 3.05) is 25.8 Å². The van der Waals surface area contributed by atoms with Gasteiger partial charge in [-0.2, -0.15) is 4.98 Å². The van der Waals surface area contributed by atoms with Crippen molar-refractivity contribution in [3.8, 4) is 11.8 Å². The first-order chi connectivity index (χ1) is 14.1. The van der Waals surface area contributed by atoms with Crippen molar-refractivity contribution in [3.05, 3.63) is 48.0 Å². The Morgan fingerprint density at radius 2 is 2.07 bits per heavy atom. The van der Waals surface area contributed by atoms with Gasteiger partial charge in [-0.05, 0) is 18.1 Å². The summed E-state index contributed by atoms with van der Waals surface area (Å²) >= 11 is 0. The lowest BCUT2D eigenvalue weighted by molar-refractivity contribution is -0.149. The number of anilines is 1. The maximum absolute atomic E-state index is 10.4. The van der Waals surface area contributed by atoms with Crippen LogP contribution in [-0.2, 0) is 15.3 Å². The fourth-order valence-corrected chi connectivity index (χ4v) is 3.18. The summed E-state index contributed by atoms with van der Waals surface area (Å²) < 4.78 is 6.94. The number of aliphatic hydroxyl groups excluding tert-OH is 3. The van der Waals surface area contributed by atoms with E-state index in [0.717, 1.165) is 5.56 Å². The Morgan fingerprint density at radius 1 is 1.28 bits per heavy atom. The Labute approximate surface area is 165 Å². The van der Waals surface area contributed by atoms with Crippen molar-refractivity contribution < 1.29 is 24.9 Å². The van der Waals surface area contributed by atoms with Gasteiger partial charge in [0.15, 0.2) is 22.7 Å². The van der Waals surface area contributed by atoms with Crippen molar-refractivity contribution in [2.45, 2.75) is 17.9 Å². The van der Waals surface area contributed by atoms with Gasteiger partial charge >= 0.3 is 0 Å². The SMILES string of the molecule is CONc1nc(C#Cc2ccccc2)nc2c1ncn2C1(CO)OCC(O)C1O. The monoisotopic (exact) mass is 397 g/mol. The van der Waals surface area contributed by atoms with Gasteiger partial charge in [-0.1, -0.05) is 24.1 Å². The zero-order valence-electron chi connectivity index (χ0n) is 15.5. The quantitative estimate of drug-likeness (QED) is 0.342. The van der Waals surface area contributed by atoms with Crippen molar-refractivity contribution in [1.29, 1.82) is 0 Å². The number of aromatic nitrogens is 4. The van der Waals surface area contributed by atoms with E-state index in [4.69, 9.17) is 9.57 Å². The molecule has 0 bridgehead atoms. The number of benzene rings is 1. The average Bonchev–Trinajstić information content (AvgIpc) is 3.30. The minimum atomic E-state index is -1.63. The van der Waals surface area contributed by atoms with Crippen LogP contribution >= 0.6 is 0 Å². The summed E-state index contributed by atoms with van der Waals surface area (Å²) in [5.41, 5.74) is 2.36. The van der Waals surface area contributed by atoms with Crippen molar-refractivity contribution >= 4 is 17.0 Å². The van der Waals surface area contributed by atoms with Crippen LogP contribution in [0, 0.1) is 11.8 Å². The molecular weight excluding hydrogens is 378 g/mol. The molecule has 150 valence electrons. The number of aliphatic hydroxyl groups is 3. The third-order valence-electron chi connectivity index (χ3n) is 4.65. The van der Waals surface area contributed by atoms with E-state index in [2.05, 4.69) is 32.3 Å². The van der Waals surface area contributed by atoms with Crippen LogP contribution in [0.15, 0.2) is 36.7 Å². The highest BCUT2D eigenvalue weighted by molar-refractivity contribution is 5.83. The third kappa shape index (κ3) is 3.31. The number of hydrogen-bond donors (Lipinski definition) is 4. The number of nitrogens with zero attached hydrogens (tertiary/aromatic N) is 4. The summed E-state index contributed by atoms with van der Waals surface area (Å²) in [5, 5.41) is 30.3. The molecule has 3 aromatic rings. The Morgan fingerprint density at radius 3 is 2.72 bits per heavy atom. The molecule has 4 N–H and O–H groups in total. The predicted octanol–water partition coefficient (Wildman–Crippen LogP) is -0.404. The molecule has 1 aromatic carbocycles. The van der Waals surface area contributed by atoms with Crippen LogP contribution in [0.4, 0.5) is 5.82 Å². The molecule has 0 aliphatic carbocycles. The third-order valence-corrected chi connectivity index (χ3v) is 4.65. The average molecular weight is 397 g/mol. The van der Waals surface area contributed by atoms with E-state index in [1.54, 1.807) is 0 Å². The molecular formula is C19H19N5O5. The van der Waals surface area contributed by atoms with E-state index >= 15 is 0 Å². The highest BCUT2D eigenvalue weighted by atomic mass is 16.6. The Balaban J connectivity index is 1.86. The molecule has 3 unspecified atom stereocenters. The van der Waals surface area contributed by atoms with Crippen molar-refractivity contribution in [3.63, 3.8) is 0 Å². The summed E-state index contributed by atoms with van der Waals surface area (Å²) in [5.74, 6) is 6.29. The summed E-state index contributed by atoms with van der Waals surface area (Å²) in [6, 6.07) is 9.35. The molecule has 0 saturated carbocycles. The van der Waals surface area contributed by atoms with Gasteiger partial charge in [0.2, 0.25) is 5.82 Å². The first kappa shape index (κ1) is 19.3. The molecule has 1 aliphatic rings. The molecule has 1 aliphatic heterocycles. The number of fused-ring (bicyclic) bond motifs is 1. The topological polar surface area (TPSA) is 135 Å². The van der Waals surface area contributed by atoms with E-state index in [-0.39, 0.29) is 23.9 Å². The number of imidazole rings is 1. The Bertz CT molecular complexity index is 1080. The zero-order chi connectivity index (χ0) is 20.4. The second kappa shape index (κ2) is 7.75. The molecule has 29 heavy (non-hydrogen) atoms. The maximum atomic E-state index is 10.4. The van der Waals surface area contributed by atoms with E-state index in [9.17, 15) is 15.3 Å². The number of ether oxygens (including phenoxy) is 1. The van der Waals surface area contributed by atoms with Crippen molar-refractivity contribution in [2.24, 2.45) is 0 Å². The van der Waals surface area contributed by atoms with Crippen molar-refractivity contribution in [1.82, 2.24) is 19.5 Å². The number of hydrogen-bond acceptors (Lipinski definition) is 9. The minimum absolute atomic E-state index is 0.143. The Kier molecular flexibility index (Phi) is 5.14. The van der Waals surface area contributed by atoms with E-state index in [0.29, 0.717) is 5.52 Å². The lowest BCUT2D eigenvalue weighted by atomic mass is 10.1. The first-order valence-electron chi connectivity index (χ1n) is 8.81. The Hall–Kier alpha value is -3.07. The summed E-state index contributed by atoms with van der Waals surface area (Å²) in [6.07, 6.45) is -1.18. The van der Waals surface area contributed by atoms with Crippen LogP contribution < -0.4 is 5.48 Å². The highest BCUT2D eigenvalue weighted by Crippen LogP contribution is 2.34. The second-order valence-corrected chi connectivity index (χ2v) is 6.43. The molecule has 2 aromatic heterocycles. The fraction of sp³-hybridized carbons (Fsp3) is 0.316. The van der Waals surface area contributed by atoms with Gasteiger partial charge in [-0.15, -0.1) is 0 Å². The van der Waals surface area contributed by atoms with Crippen LogP contribution in [-0.4, -0.2) is 67.4 Å². The first-order valence-corrected chi connectivity index (χ1v) is 8.81. The maximum Gasteiger partial charge on any atom is 0.209 e. The molecule has 0 radical (unpaired) electrons. The van der Waals surface area contributed by atoms with Gasteiger partial charge in [0.05, 0.1) is 26.7 Å². The van der Waals surface area contributed by atoms with Crippen LogP contribution in [0.3, 0.4) is 0 Å². The van der Waals surface area contributed by atoms with Crippen LogP contribution in [0.25, 0.3) is 11.2 Å². The van der Waals surface area contributed by atoms with Gasteiger partial charge in [0, 0.05) is 5.56 Å². The van der Waals surface area contributed by atoms with Gasteiger partial charge in [0.25, 0.3) is 0 Å². The molecule has 4 rings (SSSR count). The summed E-state index contributed by atoms with van der Waals surface area (Å²) in [6.45, 7) is -0.741. The molecule has 1 saturated heterocycles.